The number of carbonyl (C=O) groups is 1. The predicted octanol–water partition coefficient (Wildman–Crippen LogP) is 0.628. The topological polar surface area (TPSA) is 83.5 Å². The fourth-order valence-electron chi connectivity index (χ4n) is 2.15. The summed E-state index contributed by atoms with van der Waals surface area (Å²) in [7, 11) is -3.20. The molecule has 1 aliphatic rings. The van der Waals surface area contributed by atoms with Gasteiger partial charge in [-0.05, 0) is 18.6 Å². The minimum absolute atomic E-state index is 0.142. The molecule has 7 nitrogen and oxygen atoms in total. The summed E-state index contributed by atoms with van der Waals surface area (Å²) in [4.78, 5) is 13.8. The standard InChI is InChI=1S/C12H17ClN4O3S/c1-2-9-21(19,20)17-7-5-16(6-8-17)12(18)10-3-4-11(13)15-14-10/h3-4H,2,5-9H2,1H3. The number of aromatic nitrogens is 2. The van der Waals surface area contributed by atoms with Crippen molar-refractivity contribution in [3.05, 3.63) is 23.0 Å². The Morgan fingerprint density at radius 3 is 2.43 bits per heavy atom. The molecule has 0 atom stereocenters. The lowest BCUT2D eigenvalue weighted by Crippen LogP contribution is -2.51. The van der Waals surface area contributed by atoms with Gasteiger partial charge in [0.15, 0.2) is 10.8 Å². The second-order valence-electron chi connectivity index (χ2n) is 4.75. The van der Waals surface area contributed by atoms with Gasteiger partial charge in [0.05, 0.1) is 5.75 Å². The van der Waals surface area contributed by atoms with E-state index in [9.17, 15) is 13.2 Å². The van der Waals surface area contributed by atoms with Crippen LogP contribution in [0.5, 0.6) is 0 Å². The van der Waals surface area contributed by atoms with Gasteiger partial charge >= 0.3 is 0 Å². The molecule has 0 aromatic carbocycles. The van der Waals surface area contributed by atoms with Crippen LogP contribution in [0.15, 0.2) is 12.1 Å². The smallest absolute Gasteiger partial charge is 0.274 e. The Hall–Kier alpha value is -1.25. The maximum atomic E-state index is 12.2. The number of sulfonamides is 1. The van der Waals surface area contributed by atoms with Crippen molar-refractivity contribution in [3.8, 4) is 0 Å². The van der Waals surface area contributed by atoms with E-state index in [-0.39, 0.29) is 22.5 Å². The zero-order valence-corrected chi connectivity index (χ0v) is 13.3. The molecule has 1 fully saturated rings. The predicted molar refractivity (Wildman–Crippen MR) is 78.6 cm³/mol. The highest BCUT2D eigenvalue weighted by Crippen LogP contribution is 2.12. The number of carbonyl (C=O) groups excluding carboxylic acids is 1. The highest BCUT2D eigenvalue weighted by molar-refractivity contribution is 7.89. The quantitative estimate of drug-likeness (QED) is 0.807. The zero-order chi connectivity index (χ0) is 15.5. The van der Waals surface area contributed by atoms with Gasteiger partial charge in [-0.25, -0.2) is 8.42 Å². The molecule has 0 radical (unpaired) electrons. The Morgan fingerprint density at radius 2 is 1.90 bits per heavy atom. The molecular formula is C12H17ClN4O3S. The van der Waals surface area contributed by atoms with Crippen LogP contribution in [-0.4, -0.2) is 65.7 Å². The van der Waals surface area contributed by atoms with Gasteiger partial charge in [0.25, 0.3) is 5.91 Å². The summed E-state index contributed by atoms with van der Waals surface area (Å²) < 4.78 is 25.3. The van der Waals surface area contributed by atoms with Crippen LogP contribution in [0.2, 0.25) is 5.15 Å². The van der Waals surface area contributed by atoms with Crippen molar-refractivity contribution in [1.29, 1.82) is 0 Å². The fraction of sp³-hybridized carbons (Fsp3) is 0.583. The molecular weight excluding hydrogens is 316 g/mol. The fourth-order valence-corrected chi connectivity index (χ4v) is 3.74. The molecule has 1 amide bonds. The van der Waals surface area contributed by atoms with Gasteiger partial charge in [-0.2, -0.15) is 4.31 Å². The molecule has 0 spiro atoms. The number of halogens is 1. The molecule has 0 aliphatic carbocycles. The van der Waals surface area contributed by atoms with Crippen molar-refractivity contribution in [1.82, 2.24) is 19.4 Å². The number of piperazine rings is 1. The molecule has 0 saturated carbocycles. The Morgan fingerprint density at radius 1 is 1.24 bits per heavy atom. The first-order valence-corrected chi connectivity index (χ1v) is 8.69. The molecule has 1 aromatic heterocycles. The van der Waals surface area contributed by atoms with Crippen LogP contribution in [0.1, 0.15) is 23.8 Å². The zero-order valence-electron chi connectivity index (χ0n) is 11.7. The van der Waals surface area contributed by atoms with Gasteiger partial charge in [-0.3, -0.25) is 4.79 Å². The number of rotatable bonds is 4. The third-order valence-corrected chi connectivity index (χ3v) is 5.51. The Kier molecular flexibility index (Phi) is 5.13. The van der Waals surface area contributed by atoms with E-state index in [2.05, 4.69) is 10.2 Å². The lowest BCUT2D eigenvalue weighted by Gasteiger charge is -2.33. The summed E-state index contributed by atoms with van der Waals surface area (Å²) >= 11 is 5.63. The summed E-state index contributed by atoms with van der Waals surface area (Å²) in [6.07, 6.45) is 0.585. The summed E-state index contributed by atoms with van der Waals surface area (Å²) in [6, 6.07) is 3.02. The lowest BCUT2D eigenvalue weighted by molar-refractivity contribution is 0.0690. The minimum Gasteiger partial charge on any atom is -0.335 e. The first-order valence-electron chi connectivity index (χ1n) is 6.70. The summed E-state index contributed by atoms with van der Waals surface area (Å²) in [5.41, 5.74) is 0.212. The van der Waals surface area contributed by atoms with E-state index >= 15 is 0 Å². The minimum atomic E-state index is -3.20. The largest absolute Gasteiger partial charge is 0.335 e. The summed E-state index contributed by atoms with van der Waals surface area (Å²) in [6.45, 7) is 3.17. The van der Waals surface area contributed by atoms with Gasteiger partial charge in [-0.15, -0.1) is 10.2 Å². The van der Waals surface area contributed by atoms with Crippen LogP contribution < -0.4 is 0 Å². The Labute approximate surface area is 128 Å². The number of hydrogen-bond acceptors (Lipinski definition) is 5. The molecule has 9 heteroatoms. The average Bonchev–Trinajstić information content (AvgIpc) is 2.47. The molecule has 0 bridgehead atoms. The van der Waals surface area contributed by atoms with Gasteiger partial charge in [0, 0.05) is 26.2 Å². The first kappa shape index (κ1) is 16.1. The second kappa shape index (κ2) is 6.67. The van der Waals surface area contributed by atoms with Gasteiger partial charge < -0.3 is 4.90 Å². The third-order valence-electron chi connectivity index (χ3n) is 3.23. The molecule has 1 aromatic rings. The molecule has 21 heavy (non-hydrogen) atoms. The molecule has 1 aliphatic heterocycles. The molecule has 0 unspecified atom stereocenters. The summed E-state index contributed by atoms with van der Waals surface area (Å²) in [5, 5.41) is 7.60. The number of nitrogens with zero attached hydrogens (tertiary/aromatic N) is 4. The lowest BCUT2D eigenvalue weighted by atomic mass is 10.3. The van der Waals surface area contributed by atoms with Crippen LogP contribution >= 0.6 is 11.6 Å². The molecule has 2 heterocycles. The molecule has 1 saturated heterocycles. The van der Waals surface area contributed by atoms with Crippen LogP contribution in [0.3, 0.4) is 0 Å². The second-order valence-corrected chi connectivity index (χ2v) is 7.22. The van der Waals surface area contributed by atoms with Gasteiger partial charge in [0.2, 0.25) is 10.0 Å². The van der Waals surface area contributed by atoms with E-state index in [0.29, 0.717) is 32.6 Å². The Balaban J connectivity index is 1.98. The van der Waals surface area contributed by atoms with E-state index in [4.69, 9.17) is 11.6 Å². The van der Waals surface area contributed by atoms with Crippen molar-refractivity contribution in [3.63, 3.8) is 0 Å². The number of hydrogen-bond donors (Lipinski definition) is 0. The molecule has 116 valence electrons. The van der Waals surface area contributed by atoms with Crippen LogP contribution in [0, 0.1) is 0 Å². The normalized spacial score (nSPS) is 17.0. The monoisotopic (exact) mass is 332 g/mol. The van der Waals surface area contributed by atoms with E-state index < -0.39 is 10.0 Å². The van der Waals surface area contributed by atoms with E-state index in [1.807, 2.05) is 6.92 Å². The van der Waals surface area contributed by atoms with E-state index in [1.54, 1.807) is 4.90 Å². The van der Waals surface area contributed by atoms with Gasteiger partial charge in [-0.1, -0.05) is 18.5 Å². The van der Waals surface area contributed by atoms with Crippen LogP contribution in [0.25, 0.3) is 0 Å². The summed E-state index contributed by atoms with van der Waals surface area (Å²) in [5.74, 6) is -0.115. The van der Waals surface area contributed by atoms with E-state index in [0.717, 1.165) is 0 Å². The molecule has 0 N–H and O–H groups in total. The van der Waals surface area contributed by atoms with Crippen LogP contribution in [-0.2, 0) is 10.0 Å². The third kappa shape index (κ3) is 3.90. The average molecular weight is 333 g/mol. The van der Waals surface area contributed by atoms with Crippen molar-refractivity contribution < 1.29 is 13.2 Å². The number of amides is 1. The first-order chi connectivity index (χ1) is 9.94. The maximum absolute atomic E-state index is 12.2. The highest BCUT2D eigenvalue weighted by atomic mass is 35.5. The van der Waals surface area contributed by atoms with Crippen molar-refractivity contribution in [2.45, 2.75) is 13.3 Å². The van der Waals surface area contributed by atoms with Crippen molar-refractivity contribution in [2.24, 2.45) is 0 Å². The Bertz CT molecular complexity index is 597. The highest BCUT2D eigenvalue weighted by Gasteiger charge is 2.29. The van der Waals surface area contributed by atoms with Gasteiger partial charge in [0.1, 0.15) is 0 Å². The van der Waals surface area contributed by atoms with Crippen molar-refractivity contribution >= 4 is 27.5 Å². The van der Waals surface area contributed by atoms with E-state index in [1.165, 1.54) is 16.4 Å². The SMILES string of the molecule is CCCS(=O)(=O)N1CCN(C(=O)c2ccc(Cl)nn2)CC1. The maximum Gasteiger partial charge on any atom is 0.274 e. The van der Waals surface area contributed by atoms with Crippen LogP contribution in [0.4, 0.5) is 0 Å². The molecule has 2 rings (SSSR count). The van der Waals surface area contributed by atoms with Crippen molar-refractivity contribution in [2.75, 3.05) is 31.9 Å².